The van der Waals surface area contributed by atoms with Crippen LogP contribution in [0.15, 0.2) is 30.3 Å². The summed E-state index contributed by atoms with van der Waals surface area (Å²) in [4.78, 5) is 12.4. The van der Waals surface area contributed by atoms with Crippen molar-refractivity contribution in [1.82, 2.24) is 5.32 Å². The summed E-state index contributed by atoms with van der Waals surface area (Å²) in [5, 5.41) is 3.65. The van der Waals surface area contributed by atoms with Gasteiger partial charge in [-0.15, -0.1) is 0 Å². The molecule has 21 heavy (non-hydrogen) atoms. The topological polar surface area (TPSA) is 55.1 Å². The Morgan fingerprint density at radius 2 is 1.71 bits per heavy atom. The van der Waals surface area contributed by atoms with Crippen LogP contribution in [0.25, 0.3) is 0 Å². The van der Waals surface area contributed by atoms with E-state index in [9.17, 15) is 4.79 Å². The van der Waals surface area contributed by atoms with Gasteiger partial charge in [0, 0.05) is 6.04 Å². The third-order valence-electron chi connectivity index (χ3n) is 4.77. The first kappa shape index (κ1) is 16.0. The number of primary amides is 1. The smallest absolute Gasteiger partial charge is 0.242 e. The van der Waals surface area contributed by atoms with Crippen LogP contribution < -0.4 is 11.1 Å². The Morgan fingerprint density at radius 1 is 1.14 bits per heavy atom. The minimum Gasteiger partial charge on any atom is -0.368 e. The number of nitrogens with two attached hydrogens (primary N) is 1. The summed E-state index contributed by atoms with van der Waals surface area (Å²) in [5.41, 5.74) is 6.07. The second kappa shape index (κ2) is 7.08. The minimum atomic E-state index is -0.768. The molecule has 1 fully saturated rings. The van der Waals surface area contributed by atoms with Gasteiger partial charge in [0.25, 0.3) is 0 Å². The van der Waals surface area contributed by atoms with Crippen molar-refractivity contribution in [3.05, 3.63) is 35.9 Å². The summed E-state index contributed by atoms with van der Waals surface area (Å²) >= 11 is 0. The van der Waals surface area contributed by atoms with E-state index in [0.717, 1.165) is 18.4 Å². The van der Waals surface area contributed by atoms with Gasteiger partial charge in [0.05, 0.1) is 0 Å². The molecule has 3 N–H and O–H groups in total. The SMILES string of the molecule is CC(C)C(NC1CCCCCC1)(C(N)=O)c1ccccc1. The average molecular weight is 288 g/mol. The lowest BCUT2D eigenvalue weighted by Crippen LogP contribution is -2.59. The maximum Gasteiger partial charge on any atom is 0.242 e. The van der Waals surface area contributed by atoms with Crippen LogP contribution in [0.5, 0.6) is 0 Å². The third kappa shape index (κ3) is 3.46. The summed E-state index contributed by atoms with van der Waals surface area (Å²) < 4.78 is 0. The molecule has 1 aromatic rings. The molecule has 2 rings (SSSR count). The molecule has 3 nitrogen and oxygen atoms in total. The number of carbonyl (C=O) groups is 1. The molecule has 1 saturated carbocycles. The zero-order valence-electron chi connectivity index (χ0n) is 13.3. The van der Waals surface area contributed by atoms with Crippen molar-refractivity contribution in [2.24, 2.45) is 11.7 Å². The molecule has 1 atom stereocenters. The first-order chi connectivity index (χ1) is 10.1. The van der Waals surface area contributed by atoms with Crippen molar-refractivity contribution in [3.8, 4) is 0 Å². The van der Waals surface area contributed by atoms with E-state index in [2.05, 4.69) is 19.2 Å². The fourth-order valence-corrected chi connectivity index (χ4v) is 3.53. The first-order valence-electron chi connectivity index (χ1n) is 8.20. The molecule has 0 aliphatic heterocycles. The predicted molar refractivity (Wildman–Crippen MR) is 86.8 cm³/mol. The van der Waals surface area contributed by atoms with E-state index in [4.69, 9.17) is 5.73 Å². The van der Waals surface area contributed by atoms with Crippen LogP contribution in [0.2, 0.25) is 0 Å². The van der Waals surface area contributed by atoms with Crippen molar-refractivity contribution in [2.45, 2.75) is 64.0 Å². The van der Waals surface area contributed by atoms with Gasteiger partial charge in [-0.2, -0.15) is 0 Å². The molecule has 0 radical (unpaired) electrons. The standard InChI is InChI=1S/C18H28N2O/c1-14(2)18(17(19)21,15-10-6-5-7-11-15)20-16-12-8-3-4-9-13-16/h5-7,10-11,14,16,20H,3-4,8-9,12-13H2,1-2H3,(H2,19,21). The Kier molecular flexibility index (Phi) is 5.40. The quantitative estimate of drug-likeness (QED) is 0.817. The lowest BCUT2D eigenvalue weighted by atomic mass is 9.78. The molecule has 1 aliphatic rings. The third-order valence-corrected chi connectivity index (χ3v) is 4.77. The van der Waals surface area contributed by atoms with Crippen molar-refractivity contribution >= 4 is 5.91 Å². The van der Waals surface area contributed by atoms with Gasteiger partial charge in [0.2, 0.25) is 5.91 Å². The van der Waals surface area contributed by atoms with Gasteiger partial charge in [-0.05, 0) is 24.3 Å². The normalized spacial score (nSPS) is 20.0. The van der Waals surface area contributed by atoms with E-state index in [1.807, 2.05) is 30.3 Å². The van der Waals surface area contributed by atoms with Gasteiger partial charge in [-0.25, -0.2) is 0 Å². The highest BCUT2D eigenvalue weighted by atomic mass is 16.1. The van der Waals surface area contributed by atoms with Gasteiger partial charge in [-0.3, -0.25) is 10.1 Å². The van der Waals surface area contributed by atoms with Crippen LogP contribution in [-0.2, 0) is 10.3 Å². The monoisotopic (exact) mass is 288 g/mol. The Morgan fingerprint density at radius 3 is 2.19 bits per heavy atom. The van der Waals surface area contributed by atoms with E-state index in [-0.39, 0.29) is 11.8 Å². The molecule has 1 aliphatic carbocycles. The number of rotatable bonds is 5. The first-order valence-corrected chi connectivity index (χ1v) is 8.20. The zero-order chi connectivity index (χ0) is 15.3. The molecule has 1 aromatic carbocycles. The van der Waals surface area contributed by atoms with Crippen molar-refractivity contribution < 1.29 is 4.79 Å². The van der Waals surface area contributed by atoms with E-state index < -0.39 is 5.54 Å². The summed E-state index contributed by atoms with van der Waals surface area (Å²) in [5.74, 6) is -0.159. The fourth-order valence-electron chi connectivity index (χ4n) is 3.53. The highest BCUT2D eigenvalue weighted by Gasteiger charge is 2.42. The molecule has 116 valence electrons. The highest BCUT2D eigenvalue weighted by Crippen LogP contribution is 2.32. The van der Waals surface area contributed by atoms with Gasteiger partial charge in [0.15, 0.2) is 0 Å². The van der Waals surface area contributed by atoms with Crippen molar-refractivity contribution in [2.75, 3.05) is 0 Å². The highest BCUT2D eigenvalue weighted by molar-refractivity contribution is 5.86. The average Bonchev–Trinajstić information content (AvgIpc) is 2.73. The van der Waals surface area contributed by atoms with Gasteiger partial charge >= 0.3 is 0 Å². The van der Waals surface area contributed by atoms with Gasteiger partial charge in [-0.1, -0.05) is 69.9 Å². The molecule has 0 aromatic heterocycles. The molecule has 1 amide bonds. The van der Waals surface area contributed by atoms with E-state index in [1.54, 1.807) is 0 Å². The van der Waals surface area contributed by atoms with Gasteiger partial charge < -0.3 is 5.73 Å². The predicted octanol–water partition coefficient (Wildman–Crippen LogP) is 3.34. The van der Waals surface area contributed by atoms with Crippen LogP contribution in [-0.4, -0.2) is 11.9 Å². The van der Waals surface area contributed by atoms with E-state index in [1.165, 1.54) is 25.7 Å². The molecular formula is C18H28N2O. The Bertz CT molecular complexity index is 450. The minimum absolute atomic E-state index is 0.112. The summed E-state index contributed by atoms with van der Waals surface area (Å²) in [7, 11) is 0. The number of benzene rings is 1. The maximum absolute atomic E-state index is 12.4. The molecule has 0 heterocycles. The van der Waals surface area contributed by atoms with Crippen LogP contribution in [0.3, 0.4) is 0 Å². The molecular weight excluding hydrogens is 260 g/mol. The van der Waals surface area contributed by atoms with E-state index in [0.29, 0.717) is 6.04 Å². The lowest BCUT2D eigenvalue weighted by molar-refractivity contribution is -0.127. The largest absolute Gasteiger partial charge is 0.368 e. The second-order valence-corrected chi connectivity index (χ2v) is 6.53. The summed E-state index contributed by atoms with van der Waals surface area (Å²) in [6.45, 7) is 4.14. The number of hydrogen-bond donors (Lipinski definition) is 2. The molecule has 0 bridgehead atoms. The molecule has 1 unspecified atom stereocenters. The molecule has 0 spiro atoms. The van der Waals surface area contributed by atoms with Crippen LogP contribution >= 0.6 is 0 Å². The Labute approximate surface area is 128 Å². The number of nitrogens with one attached hydrogen (secondary N) is 1. The van der Waals surface area contributed by atoms with E-state index >= 15 is 0 Å². The Balaban J connectivity index is 2.33. The lowest BCUT2D eigenvalue weighted by Gasteiger charge is -2.39. The molecule has 3 heteroatoms. The Hall–Kier alpha value is -1.35. The summed E-state index contributed by atoms with van der Waals surface area (Å²) in [6, 6.07) is 10.3. The fraction of sp³-hybridized carbons (Fsp3) is 0.611. The van der Waals surface area contributed by atoms with Crippen LogP contribution in [0, 0.1) is 5.92 Å². The van der Waals surface area contributed by atoms with Crippen molar-refractivity contribution in [1.29, 1.82) is 0 Å². The number of amides is 1. The number of hydrogen-bond acceptors (Lipinski definition) is 2. The maximum atomic E-state index is 12.4. The van der Waals surface area contributed by atoms with Crippen LogP contribution in [0.4, 0.5) is 0 Å². The number of carbonyl (C=O) groups excluding carboxylic acids is 1. The van der Waals surface area contributed by atoms with Crippen molar-refractivity contribution in [3.63, 3.8) is 0 Å². The van der Waals surface area contributed by atoms with Gasteiger partial charge in [0.1, 0.15) is 5.54 Å². The second-order valence-electron chi connectivity index (χ2n) is 6.53. The molecule has 0 saturated heterocycles. The van der Waals surface area contributed by atoms with Crippen LogP contribution in [0.1, 0.15) is 57.9 Å². The zero-order valence-corrected chi connectivity index (χ0v) is 13.3. The summed E-state index contributed by atoms with van der Waals surface area (Å²) in [6.07, 6.45) is 7.34.